The third-order valence-corrected chi connectivity index (χ3v) is 5.93. The highest BCUT2D eigenvalue weighted by Gasteiger charge is 2.14. The van der Waals surface area contributed by atoms with Crippen LogP contribution in [0.5, 0.6) is 0 Å². The lowest BCUT2D eigenvalue weighted by Gasteiger charge is -2.22. The number of hydrogen-bond acceptors (Lipinski definition) is 5. The topological polar surface area (TPSA) is 41.0 Å². The van der Waals surface area contributed by atoms with Gasteiger partial charge in [0.1, 0.15) is 17.0 Å². The molecule has 0 unspecified atom stereocenters. The molecule has 28 heavy (non-hydrogen) atoms. The van der Waals surface area contributed by atoms with Crippen molar-refractivity contribution in [1.29, 1.82) is 0 Å². The van der Waals surface area contributed by atoms with Crippen LogP contribution in [0, 0.1) is 6.92 Å². The van der Waals surface area contributed by atoms with Gasteiger partial charge in [-0.15, -0.1) is 11.3 Å². The standard InChI is InChI=1S/C23H24N4S/c1-4-27(5-2)18-11-12-20(16(3)13-18)26-22-21-19(17-9-7-6-8-10-17)14-28-23(21)25-15-24-22/h6-15H,4-5H2,1-3H3,(H,24,25,26). The third kappa shape index (κ3) is 3.45. The van der Waals surface area contributed by atoms with Crippen LogP contribution in [0.1, 0.15) is 19.4 Å². The maximum Gasteiger partial charge on any atom is 0.143 e. The van der Waals surface area contributed by atoms with Crippen molar-refractivity contribution in [3.8, 4) is 11.1 Å². The van der Waals surface area contributed by atoms with Crippen LogP contribution in [-0.2, 0) is 0 Å². The number of fused-ring (bicyclic) bond motifs is 1. The van der Waals surface area contributed by atoms with Gasteiger partial charge in [-0.1, -0.05) is 30.3 Å². The van der Waals surface area contributed by atoms with Crippen LogP contribution in [0.3, 0.4) is 0 Å². The van der Waals surface area contributed by atoms with Gasteiger partial charge in [0, 0.05) is 35.4 Å². The van der Waals surface area contributed by atoms with E-state index in [9.17, 15) is 0 Å². The average molecular weight is 389 g/mol. The molecule has 0 aliphatic carbocycles. The van der Waals surface area contributed by atoms with Crippen LogP contribution < -0.4 is 10.2 Å². The molecule has 0 aliphatic heterocycles. The predicted octanol–water partition coefficient (Wildman–Crippen LogP) is 6.26. The fourth-order valence-corrected chi connectivity index (χ4v) is 4.42. The minimum absolute atomic E-state index is 0.851. The van der Waals surface area contributed by atoms with E-state index in [1.54, 1.807) is 17.7 Å². The molecule has 0 aliphatic rings. The zero-order chi connectivity index (χ0) is 19.5. The smallest absolute Gasteiger partial charge is 0.143 e. The molecule has 2 heterocycles. The van der Waals surface area contributed by atoms with Gasteiger partial charge in [0.2, 0.25) is 0 Å². The van der Waals surface area contributed by atoms with Gasteiger partial charge in [-0.25, -0.2) is 9.97 Å². The maximum absolute atomic E-state index is 4.57. The summed E-state index contributed by atoms with van der Waals surface area (Å²) in [5, 5.41) is 6.79. The Bertz CT molecular complexity index is 1080. The minimum Gasteiger partial charge on any atom is -0.372 e. The molecule has 0 atom stereocenters. The van der Waals surface area contributed by atoms with Crippen LogP contribution in [0.2, 0.25) is 0 Å². The van der Waals surface area contributed by atoms with E-state index in [4.69, 9.17) is 0 Å². The minimum atomic E-state index is 0.851. The van der Waals surface area contributed by atoms with Gasteiger partial charge in [-0.3, -0.25) is 0 Å². The Hall–Kier alpha value is -2.92. The number of nitrogens with zero attached hydrogens (tertiary/aromatic N) is 3. The zero-order valence-corrected chi connectivity index (χ0v) is 17.3. The summed E-state index contributed by atoms with van der Waals surface area (Å²) in [7, 11) is 0. The third-order valence-electron chi connectivity index (χ3n) is 5.05. The van der Waals surface area contributed by atoms with Gasteiger partial charge in [0.15, 0.2) is 0 Å². The van der Waals surface area contributed by atoms with Crippen molar-refractivity contribution in [1.82, 2.24) is 9.97 Å². The van der Waals surface area contributed by atoms with E-state index in [2.05, 4.69) is 88.8 Å². The molecule has 2 aromatic carbocycles. The number of nitrogens with one attached hydrogen (secondary N) is 1. The monoisotopic (exact) mass is 388 g/mol. The lowest BCUT2D eigenvalue weighted by Crippen LogP contribution is -2.21. The Morgan fingerprint density at radius 1 is 1.00 bits per heavy atom. The van der Waals surface area contributed by atoms with Gasteiger partial charge in [-0.05, 0) is 50.1 Å². The van der Waals surface area contributed by atoms with Crippen molar-refractivity contribution in [2.75, 3.05) is 23.3 Å². The molecular formula is C23H24N4S. The molecule has 0 radical (unpaired) electrons. The fourth-order valence-electron chi connectivity index (χ4n) is 3.50. The molecule has 0 bridgehead atoms. The normalized spacial score (nSPS) is 11.0. The predicted molar refractivity (Wildman–Crippen MR) is 121 cm³/mol. The average Bonchev–Trinajstić information content (AvgIpc) is 3.17. The first kappa shape index (κ1) is 18.4. The highest BCUT2D eigenvalue weighted by Crippen LogP contribution is 2.37. The molecule has 1 N–H and O–H groups in total. The molecule has 0 fully saturated rings. The first-order valence-corrected chi connectivity index (χ1v) is 10.5. The summed E-state index contributed by atoms with van der Waals surface area (Å²) in [6.45, 7) is 8.52. The van der Waals surface area contributed by atoms with Crippen molar-refractivity contribution in [2.24, 2.45) is 0 Å². The van der Waals surface area contributed by atoms with Crippen molar-refractivity contribution < 1.29 is 0 Å². The fraction of sp³-hybridized carbons (Fsp3) is 0.217. The Kier molecular flexibility index (Phi) is 5.26. The largest absolute Gasteiger partial charge is 0.372 e. The summed E-state index contributed by atoms with van der Waals surface area (Å²) in [5.74, 6) is 0.851. The molecule has 2 aromatic heterocycles. The highest BCUT2D eigenvalue weighted by molar-refractivity contribution is 7.17. The van der Waals surface area contributed by atoms with E-state index in [-0.39, 0.29) is 0 Å². The SMILES string of the molecule is CCN(CC)c1ccc(Nc2ncnc3scc(-c4ccccc4)c23)c(C)c1. The van der Waals surface area contributed by atoms with E-state index in [1.807, 2.05) is 6.07 Å². The first-order valence-electron chi connectivity index (χ1n) is 9.61. The van der Waals surface area contributed by atoms with Crippen molar-refractivity contribution in [3.63, 3.8) is 0 Å². The summed E-state index contributed by atoms with van der Waals surface area (Å²) in [4.78, 5) is 12.4. The summed E-state index contributed by atoms with van der Waals surface area (Å²) in [6.07, 6.45) is 1.63. The molecule has 4 aromatic rings. The number of thiophene rings is 1. The number of rotatable bonds is 6. The molecule has 142 valence electrons. The van der Waals surface area contributed by atoms with Gasteiger partial charge in [-0.2, -0.15) is 0 Å². The van der Waals surface area contributed by atoms with Crippen LogP contribution in [0.25, 0.3) is 21.3 Å². The molecule has 0 saturated carbocycles. The first-order chi connectivity index (χ1) is 13.7. The molecule has 4 rings (SSSR count). The number of anilines is 3. The number of benzene rings is 2. The quantitative estimate of drug-likeness (QED) is 0.423. The summed E-state index contributed by atoms with van der Waals surface area (Å²) in [6, 6.07) is 17.0. The molecule has 0 saturated heterocycles. The second-order valence-electron chi connectivity index (χ2n) is 6.71. The zero-order valence-electron chi connectivity index (χ0n) is 16.4. The van der Waals surface area contributed by atoms with Gasteiger partial charge >= 0.3 is 0 Å². The maximum atomic E-state index is 4.57. The number of aromatic nitrogens is 2. The van der Waals surface area contributed by atoms with Crippen LogP contribution in [-0.4, -0.2) is 23.1 Å². The van der Waals surface area contributed by atoms with Crippen LogP contribution in [0.4, 0.5) is 17.2 Å². The van der Waals surface area contributed by atoms with Crippen LogP contribution >= 0.6 is 11.3 Å². The molecule has 5 heteroatoms. The van der Waals surface area contributed by atoms with Gasteiger partial charge < -0.3 is 10.2 Å². The molecule has 0 spiro atoms. The molecular weight excluding hydrogens is 364 g/mol. The summed E-state index contributed by atoms with van der Waals surface area (Å²) < 4.78 is 0. The Labute approximate surface area is 169 Å². The van der Waals surface area contributed by atoms with E-state index in [1.165, 1.54) is 22.4 Å². The van der Waals surface area contributed by atoms with E-state index < -0.39 is 0 Å². The summed E-state index contributed by atoms with van der Waals surface area (Å²) >= 11 is 1.65. The van der Waals surface area contributed by atoms with Gasteiger partial charge in [0.25, 0.3) is 0 Å². The van der Waals surface area contributed by atoms with E-state index in [0.29, 0.717) is 0 Å². The summed E-state index contributed by atoms with van der Waals surface area (Å²) in [5.41, 5.74) is 5.87. The Morgan fingerprint density at radius 2 is 1.79 bits per heavy atom. The van der Waals surface area contributed by atoms with E-state index in [0.717, 1.165) is 34.8 Å². The number of aryl methyl sites for hydroxylation is 1. The highest BCUT2D eigenvalue weighted by atomic mass is 32.1. The Morgan fingerprint density at radius 3 is 2.50 bits per heavy atom. The number of hydrogen-bond donors (Lipinski definition) is 1. The Balaban J connectivity index is 1.74. The molecule has 4 nitrogen and oxygen atoms in total. The second kappa shape index (κ2) is 7.98. The lowest BCUT2D eigenvalue weighted by molar-refractivity contribution is 0.866. The van der Waals surface area contributed by atoms with Crippen molar-refractivity contribution >= 4 is 38.7 Å². The molecule has 0 amide bonds. The van der Waals surface area contributed by atoms with Gasteiger partial charge in [0.05, 0.1) is 5.39 Å². The lowest BCUT2D eigenvalue weighted by atomic mass is 10.1. The second-order valence-corrected chi connectivity index (χ2v) is 7.57. The van der Waals surface area contributed by atoms with E-state index >= 15 is 0 Å². The van der Waals surface area contributed by atoms with Crippen molar-refractivity contribution in [3.05, 3.63) is 65.8 Å². The van der Waals surface area contributed by atoms with Crippen molar-refractivity contribution in [2.45, 2.75) is 20.8 Å². The van der Waals surface area contributed by atoms with Crippen LogP contribution in [0.15, 0.2) is 60.2 Å².